The molecule has 2 bridgehead atoms. The Hall–Kier alpha value is -3.06. The van der Waals surface area contributed by atoms with Crippen molar-refractivity contribution in [1.82, 2.24) is 20.1 Å². The topological polar surface area (TPSA) is 106 Å². The fourth-order valence-corrected chi connectivity index (χ4v) is 5.77. The number of hydrogen-bond acceptors (Lipinski definition) is 10. The van der Waals surface area contributed by atoms with E-state index in [0.29, 0.717) is 55.0 Å². The van der Waals surface area contributed by atoms with E-state index in [0.717, 1.165) is 0 Å². The molecule has 0 spiro atoms. The third-order valence-corrected chi connectivity index (χ3v) is 7.72. The minimum atomic E-state index is -0.844. The summed E-state index contributed by atoms with van der Waals surface area (Å²) in [5, 5.41) is 5.90. The highest BCUT2D eigenvalue weighted by molar-refractivity contribution is 7.11. The van der Waals surface area contributed by atoms with Crippen LogP contribution in [0.2, 0.25) is 5.02 Å². The van der Waals surface area contributed by atoms with E-state index >= 15 is 0 Å². The van der Waals surface area contributed by atoms with Crippen molar-refractivity contribution in [2.24, 2.45) is 4.99 Å². The van der Waals surface area contributed by atoms with Crippen LogP contribution in [0.25, 0.3) is 0 Å². The molecule has 0 aliphatic carbocycles. The normalized spacial score (nSPS) is 23.8. The van der Waals surface area contributed by atoms with E-state index in [1.807, 2.05) is 5.38 Å². The van der Waals surface area contributed by atoms with E-state index in [9.17, 15) is 14.0 Å². The van der Waals surface area contributed by atoms with E-state index in [2.05, 4.69) is 15.2 Å². The molecule has 4 heterocycles. The molecule has 13 heteroatoms. The Labute approximate surface area is 221 Å². The maximum Gasteiger partial charge on any atom is 0.409 e. The fourth-order valence-electron chi connectivity index (χ4n) is 4.92. The van der Waals surface area contributed by atoms with Gasteiger partial charge < -0.3 is 24.4 Å². The van der Waals surface area contributed by atoms with E-state index < -0.39 is 17.8 Å². The average molecular weight is 550 g/mol. The number of esters is 1. The summed E-state index contributed by atoms with van der Waals surface area (Å²) in [6.07, 6.45) is 1.28. The van der Waals surface area contributed by atoms with Gasteiger partial charge in [0.1, 0.15) is 11.9 Å². The number of rotatable bonds is 5. The number of nitrogens with zero attached hydrogens (tertiary/aromatic N) is 4. The Balaban J connectivity index is 1.56. The summed E-state index contributed by atoms with van der Waals surface area (Å²) in [4.78, 5) is 38.4. The van der Waals surface area contributed by atoms with Gasteiger partial charge in [0.2, 0.25) is 0 Å². The largest absolute Gasteiger partial charge is 0.466 e. The predicted octanol–water partition coefficient (Wildman–Crippen LogP) is 2.61. The lowest BCUT2D eigenvalue weighted by Crippen LogP contribution is -2.66. The molecule has 0 radical (unpaired) electrons. The quantitative estimate of drug-likeness (QED) is 0.568. The molecule has 0 saturated carbocycles. The molecule has 3 aliphatic heterocycles. The number of carbonyl (C=O) groups excluding carboxylic acids is 2. The predicted molar refractivity (Wildman–Crippen MR) is 134 cm³/mol. The molecule has 1 aromatic heterocycles. The van der Waals surface area contributed by atoms with Crippen LogP contribution in [0.1, 0.15) is 16.6 Å². The zero-order valence-electron chi connectivity index (χ0n) is 20.1. The summed E-state index contributed by atoms with van der Waals surface area (Å²) < 4.78 is 29.7. The second-order valence-electron chi connectivity index (χ2n) is 8.78. The first-order chi connectivity index (χ1) is 17.9. The number of nitrogens with one attached hydrogen (secondary N) is 1. The second kappa shape index (κ2) is 10.7. The molecule has 3 atom stereocenters. The number of methoxy groups -OCH3 is 2. The second-order valence-corrected chi connectivity index (χ2v) is 10.1. The lowest BCUT2D eigenvalue weighted by molar-refractivity contribution is -0.136. The van der Waals surface area contributed by atoms with Crippen LogP contribution < -0.4 is 5.32 Å². The summed E-state index contributed by atoms with van der Waals surface area (Å²) in [7, 11) is 2.66. The highest BCUT2D eigenvalue weighted by Crippen LogP contribution is 2.37. The van der Waals surface area contributed by atoms with Gasteiger partial charge in [0.25, 0.3) is 0 Å². The molecule has 2 unspecified atom stereocenters. The molecule has 2 fully saturated rings. The van der Waals surface area contributed by atoms with Gasteiger partial charge in [-0.1, -0.05) is 17.7 Å². The van der Waals surface area contributed by atoms with Gasteiger partial charge in [-0.25, -0.2) is 19.0 Å². The van der Waals surface area contributed by atoms with Crippen LogP contribution in [-0.2, 0) is 19.0 Å². The highest BCUT2D eigenvalue weighted by atomic mass is 35.5. The number of carbonyl (C=O) groups is 2. The first-order valence-corrected chi connectivity index (χ1v) is 12.8. The van der Waals surface area contributed by atoms with E-state index in [4.69, 9.17) is 30.8 Å². The van der Waals surface area contributed by atoms with Gasteiger partial charge >= 0.3 is 12.1 Å². The third kappa shape index (κ3) is 5.06. The van der Waals surface area contributed by atoms with Crippen LogP contribution in [0.5, 0.6) is 0 Å². The molecule has 37 heavy (non-hydrogen) atoms. The van der Waals surface area contributed by atoms with E-state index in [1.165, 1.54) is 43.8 Å². The van der Waals surface area contributed by atoms with Crippen molar-refractivity contribution < 1.29 is 28.2 Å². The maximum atomic E-state index is 13.9. The number of aromatic nitrogens is 1. The van der Waals surface area contributed by atoms with Crippen LogP contribution in [0.15, 0.2) is 46.0 Å². The van der Waals surface area contributed by atoms with Crippen molar-refractivity contribution in [2.45, 2.75) is 18.1 Å². The maximum absolute atomic E-state index is 13.9. The van der Waals surface area contributed by atoms with Gasteiger partial charge in [0.15, 0.2) is 10.8 Å². The van der Waals surface area contributed by atoms with Crippen LogP contribution >= 0.6 is 22.9 Å². The van der Waals surface area contributed by atoms with Gasteiger partial charge in [-0.05, 0) is 12.1 Å². The molecule has 1 aromatic carbocycles. The molecule has 2 saturated heterocycles. The molecule has 5 rings (SSSR count). The number of fused-ring (bicyclic) bond motifs is 2. The van der Waals surface area contributed by atoms with Crippen LogP contribution in [0.4, 0.5) is 9.18 Å². The van der Waals surface area contributed by atoms with Crippen LogP contribution in [-0.4, -0.2) is 91.8 Å². The molecule has 196 valence electrons. The zero-order valence-corrected chi connectivity index (χ0v) is 21.7. The van der Waals surface area contributed by atoms with Crippen molar-refractivity contribution >= 4 is 40.8 Å². The molecule has 3 aliphatic rings. The lowest BCUT2D eigenvalue weighted by atomic mass is 9.94. The number of benzene rings is 1. The summed E-state index contributed by atoms with van der Waals surface area (Å²) in [5.74, 6) is -0.603. The zero-order chi connectivity index (χ0) is 26.1. The van der Waals surface area contributed by atoms with Gasteiger partial charge in [0.05, 0.1) is 45.1 Å². The van der Waals surface area contributed by atoms with Gasteiger partial charge in [0, 0.05) is 47.5 Å². The number of piperazine rings is 1. The number of hydrogen-bond donors (Lipinski definition) is 1. The summed E-state index contributed by atoms with van der Waals surface area (Å²) >= 11 is 7.82. The lowest BCUT2D eigenvalue weighted by Gasteiger charge is -2.49. The summed E-state index contributed by atoms with van der Waals surface area (Å²) in [6, 6.07) is 2.92. The Morgan fingerprint density at radius 3 is 2.62 bits per heavy atom. The van der Waals surface area contributed by atoms with Gasteiger partial charge in [-0.3, -0.25) is 9.89 Å². The first kappa shape index (κ1) is 25.6. The van der Waals surface area contributed by atoms with E-state index in [-0.39, 0.29) is 28.8 Å². The summed E-state index contributed by atoms with van der Waals surface area (Å²) in [6.45, 7) is 2.02. The summed E-state index contributed by atoms with van der Waals surface area (Å²) in [5.41, 5.74) is 1.31. The SMILES string of the molecule is COC(=O)C1=C(CN2C3COCC2CN(C(=O)OC)C3)NC(c2nccs2)=N[C@H]1c1ccc(F)cc1Cl. The molecule has 1 amide bonds. The molecule has 1 N–H and O–H groups in total. The van der Waals surface area contributed by atoms with E-state index in [1.54, 1.807) is 11.1 Å². The van der Waals surface area contributed by atoms with Gasteiger partial charge in [-0.2, -0.15) is 0 Å². The van der Waals surface area contributed by atoms with Crippen LogP contribution in [0.3, 0.4) is 0 Å². The number of halogens is 2. The van der Waals surface area contributed by atoms with Gasteiger partial charge in [-0.15, -0.1) is 11.3 Å². The Bertz CT molecular complexity index is 1240. The minimum Gasteiger partial charge on any atom is -0.466 e. The minimum absolute atomic E-state index is 0.116. The highest BCUT2D eigenvalue weighted by Gasteiger charge is 2.42. The fraction of sp³-hybridized carbons (Fsp3) is 0.417. The Morgan fingerprint density at radius 2 is 2.00 bits per heavy atom. The third-order valence-electron chi connectivity index (χ3n) is 6.62. The van der Waals surface area contributed by atoms with Crippen molar-refractivity contribution in [3.63, 3.8) is 0 Å². The molecular weight excluding hydrogens is 525 g/mol. The van der Waals surface area contributed by atoms with Crippen molar-refractivity contribution in [1.29, 1.82) is 0 Å². The average Bonchev–Trinajstić information content (AvgIpc) is 3.42. The van der Waals surface area contributed by atoms with Crippen molar-refractivity contribution in [3.8, 4) is 0 Å². The smallest absolute Gasteiger partial charge is 0.409 e. The number of thiazole rings is 1. The number of amides is 1. The monoisotopic (exact) mass is 549 g/mol. The first-order valence-electron chi connectivity index (χ1n) is 11.6. The Kier molecular flexibility index (Phi) is 7.43. The van der Waals surface area contributed by atoms with Crippen LogP contribution in [0, 0.1) is 5.82 Å². The molecule has 10 nitrogen and oxygen atoms in total. The number of morpholine rings is 1. The number of aliphatic imine (C=N–C) groups is 1. The standard InChI is InChI=1S/C24H25ClFN5O5S/c1-34-23(32)19-18(10-31-14-8-30(24(33)35-2)9-15(31)12-36-11-14)28-21(22-27-5-6-37-22)29-20(19)16-4-3-13(26)7-17(16)25/h3-7,14-15,20H,8-12H2,1-2H3,(H,28,29)/t14?,15?,20-/m0/s1. The molecular formula is C24H25ClFN5O5S. The van der Waals surface area contributed by atoms with Crippen molar-refractivity contribution in [3.05, 3.63) is 62.5 Å². The number of amidine groups is 1. The Morgan fingerprint density at radius 1 is 1.24 bits per heavy atom. The number of ether oxygens (including phenoxy) is 3. The van der Waals surface area contributed by atoms with Crippen molar-refractivity contribution in [2.75, 3.05) is 47.1 Å². The molecule has 2 aromatic rings.